The number of aliphatic hydroxyl groups is 1. The van der Waals surface area contributed by atoms with Crippen molar-refractivity contribution in [3.05, 3.63) is 66.2 Å². The highest BCUT2D eigenvalue weighted by Crippen LogP contribution is 2.15. The molecule has 0 heterocycles. The van der Waals surface area contributed by atoms with Crippen LogP contribution in [0.3, 0.4) is 0 Å². The van der Waals surface area contributed by atoms with Gasteiger partial charge in [-0.3, -0.25) is 0 Å². The molecule has 0 saturated heterocycles. The number of anilines is 1. The lowest BCUT2D eigenvalue weighted by Crippen LogP contribution is -2.15. The number of rotatable bonds is 11. The number of benzene rings is 2. The van der Waals surface area contributed by atoms with Gasteiger partial charge in [0.25, 0.3) is 0 Å². The Morgan fingerprint density at radius 3 is 2.43 bits per heavy atom. The van der Waals surface area contributed by atoms with Crippen LogP contribution in [0.4, 0.5) is 5.69 Å². The Labute approximate surface area is 167 Å². The second-order valence-electron chi connectivity index (χ2n) is 6.30. The van der Waals surface area contributed by atoms with Crippen LogP contribution < -0.4 is 9.08 Å². The summed E-state index contributed by atoms with van der Waals surface area (Å²) in [6.07, 6.45) is 3.61. The third-order valence-electron chi connectivity index (χ3n) is 4.13. The summed E-state index contributed by atoms with van der Waals surface area (Å²) in [6, 6.07) is 16.2. The minimum atomic E-state index is -4.10. The normalized spacial score (nSPS) is 12.8. The topological polar surface area (TPSA) is 76.1 Å². The van der Waals surface area contributed by atoms with Crippen LogP contribution in [0.25, 0.3) is 6.08 Å². The van der Waals surface area contributed by atoms with Gasteiger partial charge in [0, 0.05) is 19.3 Å². The molecule has 2 aromatic rings. The predicted octanol–water partition coefficient (Wildman–Crippen LogP) is 3.64. The van der Waals surface area contributed by atoms with Gasteiger partial charge in [0.1, 0.15) is 5.75 Å². The molecular formula is C21H27NO5S. The molecule has 0 aliphatic rings. The third-order valence-corrected chi connectivity index (χ3v) is 4.98. The largest absolute Gasteiger partial charge is 0.449 e. The minimum Gasteiger partial charge on any atom is -0.389 e. The van der Waals surface area contributed by atoms with Crippen molar-refractivity contribution < 1.29 is 21.9 Å². The van der Waals surface area contributed by atoms with E-state index in [-0.39, 0.29) is 12.4 Å². The fourth-order valence-electron chi connectivity index (χ4n) is 2.41. The molecule has 7 heteroatoms. The van der Waals surface area contributed by atoms with Gasteiger partial charge in [0.15, 0.2) is 0 Å². The van der Waals surface area contributed by atoms with Crippen LogP contribution in [0.1, 0.15) is 25.3 Å². The van der Waals surface area contributed by atoms with E-state index in [1.54, 1.807) is 24.3 Å². The van der Waals surface area contributed by atoms with Crippen molar-refractivity contribution in [1.82, 2.24) is 0 Å². The molecule has 152 valence electrons. The van der Waals surface area contributed by atoms with Gasteiger partial charge >= 0.3 is 10.4 Å². The lowest BCUT2D eigenvalue weighted by atomic mass is 10.1. The fraction of sp³-hybridized carbons (Fsp3) is 0.333. The Morgan fingerprint density at radius 2 is 1.79 bits per heavy atom. The fourth-order valence-corrected chi connectivity index (χ4v) is 3.13. The average Bonchev–Trinajstić information content (AvgIpc) is 2.70. The van der Waals surface area contributed by atoms with Crippen LogP contribution in [0.2, 0.25) is 0 Å². The highest BCUT2D eigenvalue weighted by molar-refractivity contribution is 7.82. The maximum absolute atomic E-state index is 11.7. The Morgan fingerprint density at radius 1 is 1.11 bits per heavy atom. The number of hydrogen-bond donors (Lipinski definition) is 1. The van der Waals surface area contributed by atoms with Crippen LogP contribution in [0.5, 0.6) is 5.75 Å². The molecule has 6 nitrogen and oxygen atoms in total. The molecule has 0 amide bonds. The lowest BCUT2D eigenvalue weighted by molar-refractivity contribution is 0.192. The summed E-state index contributed by atoms with van der Waals surface area (Å²) in [6.45, 7) is 2.97. The second kappa shape index (κ2) is 10.8. The molecule has 0 radical (unpaired) electrons. The smallest absolute Gasteiger partial charge is 0.389 e. The van der Waals surface area contributed by atoms with Gasteiger partial charge in [-0.05, 0) is 49.6 Å². The van der Waals surface area contributed by atoms with E-state index in [0.29, 0.717) is 12.8 Å². The highest BCUT2D eigenvalue weighted by atomic mass is 32.3. The van der Waals surface area contributed by atoms with E-state index >= 15 is 0 Å². The van der Waals surface area contributed by atoms with Crippen LogP contribution >= 0.6 is 0 Å². The Kier molecular flexibility index (Phi) is 8.50. The Bertz CT molecular complexity index is 835. The van der Waals surface area contributed by atoms with Crippen LogP contribution in [-0.2, 0) is 14.6 Å². The molecule has 2 aromatic carbocycles. The van der Waals surface area contributed by atoms with Crippen molar-refractivity contribution in [1.29, 1.82) is 0 Å². The molecule has 0 aromatic heterocycles. The zero-order valence-electron chi connectivity index (χ0n) is 16.2. The molecule has 0 aliphatic heterocycles. The summed E-state index contributed by atoms with van der Waals surface area (Å²) in [4.78, 5) is 2.14. The quantitative estimate of drug-likeness (QED) is 0.575. The molecule has 1 unspecified atom stereocenters. The first-order chi connectivity index (χ1) is 13.4. The first-order valence-corrected chi connectivity index (χ1v) is 10.5. The summed E-state index contributed by atoms with van der Waals surface area (Å²) in [5.74, 6) is 0.196. The molecule has 2 rings (SSSR count). The van der Waals surface area contributed by atoms with Crippen LogP contribution in [0, 0.1) is 0 Å². The summed E-state index contributed by atoms with van der Waals surface area (Å²) >= 11 is 0. The second-order valence-corrected chi connectivity index (χ2v) is 7.52. The molecule has 1 atom stereocenters. The Hall–Kier alpha value is -2.35. The highest BCUT2D eigenvalue weighted by Gasteiger charge is 2.13. The Balaban J connectivity index is 1.72. The number of hydrogen-bond acceptors (Lipinski definition) is 6. The minimum absolute atomic E-state index is 0.0574. The van der Waals surface area contributed by atoms with Crippen molar-refractivity contribution in [2.75, 3.05) is 25.1 Å². The van der Waals surface area contributed by atoms with Gasteiger partial charge in [0.2, 0.25) is 0 Å². The van der Waals surface area contributed by atoms with Gasteiger partial charge in [0.05, 0.1) is 12.7 Å². The molecule has 0 saturated carbocycles. The van der Waals surface area contributed by atoms with Crippen molar-refractivity contribution >= 4 is 22.2 Å². The summed E-state index contributed by atoms with van der Waals surface area (Å²) in [5, 5.41) is 10.0. The van der Waals surface area contributed by atoms with Crippen molar-refractivity contribution in [2.45, 2.75) is 25.9 Å². The van der Waals surface area contributed by atoms with Crippen molar-refractivity contribution in [2.24, 2.45) is 0 Å². The van der Waals surface area contributed by atoms with Gasteiger partial charge in [-0.2, -0.15) is 8.42 Å². The maximum Gasteiger partial charge on any atom is 0.449 e. The van der Waals surface area contributed by atoms with Crippen LogP contribution in [0.15, 0.2) is 60.7 Å². The van der Waals surface area contributed by atoms with Crippen molar-refractivity contribution in [3.8, 4) is 5.75 Å². The van der Waals surface area contributed by atoms with Gasteiger partial charge < -0.3 is 14.2 Å². The van der Waals surface area contributed by atoms with Gasteiger partial charge in [-0.25, -0.2) is 4.18 Å². The number of para-hydroxylation sites is 1. The molecule has 28 heavy (non-hydrogen) atoms. The molecule has 0 spiro atoms. The SMILES string of the molecule is CCN(C)c1ccc(/C=C/C(O)CCCOS(=O)(=O)Oc2ccccc2)cc1. The molecule has 0 bridgehead atoms. The van der Waals surface area contributed by atoms with E-state index in [0.717, 1.165) is 17.8 Å². The molecule has 1 N–H and O–H groups in total. The first kappa shape index (κ1) is 21.9. The van der Waals surface area contributed by atoms with E-state index in [1.807, 2.05) is 37.4 Å². The van der Waals surface area contributed by atoms with E-state index in [9.17, 15) is 13.5 Å². The van der Waals surface area contributed by atoms with Crippen molar-refractivity contribution in [3.63, 3.8) is 0 Å². The number of aliphatic hydroxyl groups excluding tert-OH is 1. The molecular weight excluding hydrogens is 378 g/mol. The maximum atomic E-state index is 11.7. The van der Waals surface area contributed by atoms with Gasteiger partial charge in [-0.1, -0.05) is 42.5 Å². The zero-order valence-corrected chi connectivity index (χ0v) is 17.0. The van der Waals surface area contributed by atoms with E-state index in [4.69, 9.17) is 8.37 Å². The lowest BCUT2D eigenvalue weighted by Gasteiger charge is -2.16. The van der Waals surface area contributed by atoms with E-state index in [2.05, 4.69) is 11.8 Å². The van der Waals surface area contributed by atoms with E-state index < -0.39 is 16.5 Å². The molecule has 0 aliphatic carbocycles. The first-order valence-electron chi connectivity index (χ1n) is 9.21. The predicted molar refractivity (Wildman–Crippen MR) is 112 cm³/mol. The summed E-state index contributed by atoms with van der Waals surface area (Å²) < 4.78 is 33.1. The zero-order chi connectivity index (χ0) is 20.4. The molecule has 0 fully saturated rings. The summed E-state index contributed by atoms with van der Waals surface area (Å²) in [5.41, 5.74) is 2.12. The average molecular weight is 406 g/mol. The number of nitrogens with zero attached hydrogens (tertiary/aromatic N) is 1. The summed E-state index contributed by atoms with van der Waals surface area (Å²) in [7, 11) is -2.08. The third kappa shape index (κ3) is 7.72. The van der Waals surface area contributed by atoms with Crippen LogP contribution in [-0.4, -0.2) is 39.8 Å². The standard InChI is InChI=1S/C21H27NO5S/c1-3-22(2)19-14-11-18(12-15-19)13-16-20(23)8-7-17-26-28(24,25)27-21-9-5-4-6-10-21/h4-6,9-16,20,23H,3,7-8,17H2,1-2H3/b16-13+. The van der Waals surface area contributed by atoms with Gasteiger partial charge in [-0.15, -0.1) is 0 Å². The monoisotopic (exact) mass is 405 g/mol. The van der Waals surface area contributed by atoms with E-state index in [1.165, 1.54) is 12.1 Å².